The van der Waals surface area contributed by atoms with Gasteiger partial charge in [0.2, 0.25) is 0 Å². The number of aromatic nitrogens is 1. The van der Waals surface area contributed by atoms with Crippen molar-refractivity contribution in [2.45, 2.75) is 38.0 Å². The third-order valence-electron chi connectivity index (χ3n) is 14.4. The van der Waals surface area contributed by atoms with Crippen molar-refractivity contribution in [3.63, 3.8) is 0 Å². The van der Waals surface area contributed by atoms with E-state index in [1.54, 1.807) is 0 Å². The van der Waals surface area contributed by atoms with Crippen LogP contribution in [0.25, 0.3) is 93.6 Å². The SMILES string of the molecule is c1ccc(-n2c3ccccc3c3c(-c4cccc(N(c5ccc(-c6ccc7oc8ccccc8c7c6)cc5)c5ccccc5-c5cccc6cccc(C7CCCCC7)c56)c4)cccc32)cc1. The molecule has 0 radical (unpaired) electrons. The van der Waals surface area contributed by atoms with Gasteiger partial charge in [0.05, 0.1) is 16.7 Å². The fraction of sp³-hybridized carbons (Fsp3) is 0.0938. The molecule has 0 N–H and O–H groups in total. The molecular weight excluding hydrogens is 813 g/mol. The first-order chi connectivity index (χ1) is 33.2. The van der Waals surface area contributed by atoms with Crippen molar-refractivity contribution < 1.29 is 4.42 Å². The van der Waals surface area contributed by atoms with Crippen LogP contribution >= 0.6 is 0 Å². The van der Waals surface area contributed by atoms with Crippen LogP contribution in [0.3, 0.4) is 0 Å². The van der Waals surface area contributed by atoms with Gasteiger partial charge >= 0.3 is 0 Å². The number of anilines is 3. The first kappa shape index (κ1) is 39.2. The molecule has 0 saturated heterocycles. The quantitative estimate of drug-likeness (QED) is 0.152. The molecule has 1 saturated carbocycles. The van der Waals surface area contributed by atoms with E-state index in [-0.39, 0.29) is 0 Å². The fourth-order valence-corrected chi connectivity index (χ4v) is 11.3. The molecule has 1 aliphatic carbocycles. The summed E-state index contributed by atoms with van der Waals surface area (Å²) in [6.07, 6.45) is 6.43. The van der Waals surface area contributed by atoms with Crippen LogP contribution in [-0.2, 0) is 0 Å². The number of furan rings is 1. The second kappa shape index (κ2) is 16.4. The second-order valence-electron chi connectivity index (χ2n) is 18.2. The standard InChI is InChI=1S/C64H48N2O/c1-3-17-44(18-4-1)51-28-14-19-45-20-15-30-55(63(45)51)53-25-7-10-31-58(53)65(49-38-35-43(36-39-49)46-37-40-62-57(42-46)54-26-9-12-34-61(54)67-62)50-24-13-21-47(41-50)52-29-16-33-60-64(52)56-27-8-11-32-59(56)66(60)48-22-5-2-6-23-48/h2,5-16,19-42,44H,1,3-4,17-18H2. The summed E-state index contributed by atoms with van der Waals surface area (Å²) in [6.45, 7) is 0. The molecular formula is C64H48N2O. The van der Waals surface area contributed by atoms with Crippen molar-refractivity contribution >= 4 is 71.6 Å². The van der Waals surface area contributed by atoms with Crippen LogP contribution in [0.1, 0.15) is 43.6 Å². The molecule has 0 spiro atoms. The van der Waals surface area contributed by atoms with E-state index in [2.05, 4.69) is 222 Å². The van der Waals surface area contributed by atoms with Gasteiger partial charge in [-0.25, -0.2) is 0 Å². The molecule has 1 fully saturated rings. The molecule has 1 aliphatic rings. The summed E-state index contributed by atoms with van der Waals surface area (Å²) in [7, 11) is 0. The molecule has 3 heteroatoms. The highest BCUT2D eigenvalue weighted by atomic mass is 16.3. The zero-order valence-corrected chi connectivity index (χ0v) is 37.3. The van der Waals surface area contributed by atoms with Crippen molar-refractivity contribution in [3.05, 3.63) is 230 Å². The van der Waals surface area contributed by atoms with E-state index in [9.17, 15) is 0 Å². The maximum absolute atomic E-state index is 6.21. The summed E-state index contributed by atoms with van der Waals surface area (Å²) in [6, 6.07) is 82.4. The average Bonchev–Trinajstić information content (AvgIpc) is 3.95. The fourth-order valence-electron chi connectivity index (χ4n) is 11.3. The van der Waals surface area contributed by atoms with E-state index in [0.717, 1.165) is 55.8 Å². The van der Waals surface area contributed by atoms with E-state index in [0.29, 0.717) is 5.92 Å². The number of hydrogen-bond acceptors (Lipinski definition) is 2. The minimum Gasteiger partial charge on any atom is -0.456 e. The smallest absolute Gasteiger partial charge is 0.135 e. The van der Waals surface area contributed by atoms with Crippen LogP contribution < -0.4 is 4.90 Å². The predicted molar refractivity (Wildman–Crippen MR) is 282 cm³/mol. The highest BCUT2D eigenvalue weighted by molar-refractivity contribution is 6.16. The summed E-state index contributed by atoms with van der Waals surface area (Å²) in [5.41, 5.74) is 17.4. The summed E-state index contributed by atoms with van der Waals surface area (Å²) >= 11 is 0. The Morgan fingerprint density at radius 3 is 1.96 bits per heavy atom. The molecule has 10 aromatic carbocycles. The Bertz CT molecular complexity index is 3790. The lowest BCUT2D eigenvalue weighted by Crippen LogP contribution is -2.11. The highest BCUT2D eigenvalue weighted by Crippen LogP contribution is 2.47. The van der Waals surface area contributed by atoms with E-state index in [1.165, 1.54) is 92.5 Å². The molecule has 0 unspecified atom stereocenters. The lowest BCUT2D eigenvalue weighted by atomic mass is 9.80. The van der Waals surface area contributed by atoms with Gasteiger partial charge in [-0.2, -0.15) is 0 Å². The maximum atomic E-state index is 6.21. The zero-order valence-electron chi connectivity index (χ0n) is 37.3. The lowest BCUT2D eigenvalue weighted by Gasteiger charge is -2.29. The van der Waals surface area contributed by atoms with Gasteiger partial charge in [-0.3, -0.25) is 0 Å². The van der Waals surface area contributed by atoms with Gasteiger partial charge in [0.25, 0.3) is 0 Å². The first-order valence-electron chi connectivity index (χ1n) is 23.9. The third kappa shape index (κ3) is 6.72. The number of hydrogen-bond donors (Lipinski definition) is 0. The van der Waals surface area contributed by atoms with E-state index in [4.69, 9.17) is 4.42 Å². The Kier molecular flexibility index (Phi) is 9.60. The normalized spacial score (nSPS) is 13.3. The van der Waals surface area contributed by atoms with Crippen LogP contribution in [0.2, 0.25) is 0 Å². The number of nitrogens with zero attached hydrogens (tertiary/aromatic N) is 2. The molecule has 0 bridgehead atoms. The first-order valence-corrected chi connectivity index (χ1v) is 23.9. The molecule has 13 rings (SSSR count). The van der Waals surface area contributed by atoms with Gasteiger partial charge in [-0.1, -0.05) is 171 Å². The van der Waals surface area contributed by atoms with E-state index >= 15 is 0 Å². The molecule has 320 valence electrons. The maximum Gasteiger partial charge on any atom is 0.135 e. The molecule has 0 aliphatic heterocycles. The monoisotopic (exact) mass is 860 g/mol. The highest BCUT2D eigenvalue weighted by Gasteiger charge is 2.24. The van der Waals surface area contributed by atoms with Gasteiger partial charge in [-0.15, -0.1) is 0 Å². The van der Waals surface area contributed by atoms with Crippen LogP contribution in [0, 0.1) is 0 Å². The van der Waals surface area contributed by atoms with Crippen LogP contribution in [0.4, 0.5) is 17.1 Å². The van der Waals surface area contributed by atoms with Crippen molar-refractivity contribution in [1.29, 1.82) is 0 Å². The predicted octanol–water partition coefficient (Wildman–Crippen LogP) is 18.4. The Hall–Kier alpha value is -8.14. The molecule has 0 atom stereocenters. The summed E-state index contributed by atoms with van der Waals surface area (Å²) < 4.78 is 8.61. The second-order valence-corrected chi connectivity index (χ2v) is 18.2. The van der Waals surface area contributed by atoms with Crippen molar-refractivity contribution in [1.82, 2.24) is 4.57 Å². The van der Waals surface area contributed by atoms with Crippen molar-refractivity contribution in [2.24, 2.45) is 0 Å². The van der Waals surface area contributed by atoms with Gasteiger partial charge in [-0.05, 0) is 136 Å². The largest absolute Gasteiger partial charge is 0.456 e. The molecule has 12 aromatic rings. The molecule has 67 heavy (non-hydrogen) atoms. The zero-order chi connectivity index (χ0) is 44.3. The number of rotatable bonds is 8. The summed E-state index contributed by atoms with van der Waals surface area (Å²) in [4.78, 5) is 2.48. The third-order valence-corrected chi connectivity index (χ3v) is 14.4. The van der Waals surface area contributed by atoms with Gasteiger partial charge in [0.15, 0.2) is 0 Å². The minimum atomic E-state index is 0.570. The summed E-state index contributed by atoms with van der Waals surface area (Å²) in [5, 5.41) is 7.46. The molecule has 0 amide bonds. The van der Waals surface area contributed by atoms with Crippen LogP contribution in [0.5, 0.6) is 0 Å². The van der Waals surface area contributed by atoms with Crippen LogP contribution in [0.15, 0.2) is 229 Å². The molecule has 2 heterocycles. The Morgan fingerprint density at radius 1 is 0.403 bits per heavy atom. The van der Waals surface area contributed by atoms with Crippen LogP contribution in [-0.4, -0.2) is 4.57 Å². The Morgan fingerprint density at radius 2 is 1.07 bits per heavy atom. The number of fused-ring (bicyclic) bond motifs is 7. The molecule has 2 aromatic heterocycles. The van der Waals surface area contributed by atoms with Crippen molar-refractivity contribution in [2.75, 3.05) is 4.90 Å². The molecule has 3 nitrogen and oxygen atoms in total. The average molecular weight is 861 g/mol. The lowest BCUT2D eigenvalue weighted by molar-refractivity contribution is 0.445. The van der Waals surface area contributed by atoms with Crippen molar-refractivity contribution in [3.8, 4) is 39.1 Å². The Labute approximate surface area is 390 Å². The summed E-state index contributed by atoms with van der Waals surface area (Å²) in [5.74, 6) is 0.570. The Balaban J connectivity index is 0.998. The van der Waals surface area contributed by atoms with E-state index in [1.807, 2.05) is 12.1 Å². The van der Waals surface area contributed by atoms with Gasteiger partial charge in [0, 0.05) is 44.2 Å². The van der Waals surface area contributed by atoms with E-state index < -0.39 is 0 Å². The van der Waals surface area contributed by atoms with Gasteiger partial charge < -0.3 is 13.9 Å². The minimum absolute atomic E-state index is 0.570. The topological polar surface area (TPSA) is 21.3 Å². The number of benzene rings is 10. The number of para-hydroxylation sites is 4. The van der Waals surface area contributed by atoms with Gasteiger partial charge in [0.1, 0.15) is 11.2 Å².